The number of ether oxygens (including phenoxy) is 2. The summed E-state index contributed by atoms with van der Waals surface area (Å²) in [5.74, 6) is 0.744. The van der Waals surface area contributed by atoms with Crippen LogP contribution in [0.4, 0.5) is 21.7 Å². The van der Waals surface area contributed by atoms with Crippen molar-refractivity contribution in [2.24, 2.45) is 0 Å². The highest BCUT2D eigenvalue weighted by atomic mass is 19.1. The van der Waals surface area contributed by atoms with Gasteiger partial charge in [-0.2, -0.15) is 9.61 Å². The predicted molar refractivity (Wildman–Crippen MR) is 131 cm³/mol. The number of carbonyl (C=O) groups is 1. The van der Waals surface area contributed by atoms with Crippen LogP contribution >= 0.6 is 0 Å². The van der Waals surface area contributed by atoms with E-state index in [0.717, 1.165) is 29.7 Å². The summed E-state index contributed by atoms with van der Waals surface area (Å²) in [6.07, 6.45) is 3.28. The van der Waals surface area contributed by atoms with Gasteiger partial charge in [0.25, 0.3) is 0 Å². The van der Waals surface area contributed by atoms with Crippen LogP contribution in [-0.2, 0) is 12.0 Å². The number of carboxylic acid groups (broad SMARTS) is 1. The van der Waals surface area contributed by atoms with Gasteiger partial charge in [-0.25, -0.2) is 14.2 Å². The lowest BCUT2D eigenvalue weighted by Gasteiger charge is -2.21. The molecule has 0 amide bonds. The molecule has 0 saturated heterocycles. The minimum Gasteiger partial charge on any atom is -0.497 e. The lowest BCUT2D eigenvalue weighted by atomic mass is 9.98. The van der Waals surface area contributed by atoms with E-state index in [1.165, 1.54) is 16.8 Å². The van der Waals surface area contributed by atoms with Crippen molar-refractivity contribution in [3.05, 3.63) is 71.2 Å². The van der Waals surface area contributed by atoms with E-state index in [4.69, 9.17) is 9.47 Å². The molecular formula is C26H24FN5O4. The van der Waals surface area contributed by atoms with Crippen LogP contribution in [0.3, 0.4) is 0 Å². The molecule has 36 heavy (non-hydrogen) atoms. The summed E-state index contributed by atoms with van der Waals surface area (Å²) in [7, 11) is 3.48. The summed E-state index contributed by atoms with van der Waals surface area (Å²) < 4.78 is 27.6. The molecule has 2 aromatic heterocycles. The first-order chi connectivity index (χ1) is 17.4. The molecular weight excluding hydrogens is 465 g/mol. The first kappa shape index (κ1) is 22.1. The van der Waals surface area contributed by atoms with Gasteiger partial charge >= 0.3 is 5.97 Å². The van der Waals surface area contributed by atoms with E-state index >= 15 is 4.39 Å². The van der Waals surface area contributed by atoms with Gasteiger partial charge in [0, 0.05) is 36.7 Å². The van der Waals surface area contributed by atoms with Gasteiger partial charge in [-0.1, -0.05) is 12.1 Å². The van der Waals surface area contributed by atoms with Crippen LogP contribution in [-0.4, -0.2) is 46.4 Å². The Labute approximate surface area is 206 Å². The fraction of sp³-hybridized carbons (Fsp3) is 0.269. The minimum atomic E-state index is -1.15. The highest BCUT2D eigenvalue weighted by Gasteiger charge is 2.51. The van der Waals surface area contributed by atoms with Crippen LogP contribution in [0, 0.1) is 5.82 Å². The Hall–Kier alpha value is -4.34. The summed E-state index contributed by atoms with van der Waals surface area (Å²) >= 11 is 0. The first-order valence-electron chi connectivity index (χ1n) is 11.6. The third-order valence-electron chi connectivity index (χ3n) is 6.91. The number of nitrogens with zero attached hydrogens (tertiary/aromatic N) is 4. The number of aromatic nitrogens is 3. The zero-order valence-corrected chi connectivity index (χ0v) is 19.8. The van der Waals surface area contributed by atoms with Gasteiger partial charge in [0.05, 0.1) is 25.6 Å². The van der Waals surface area contributed by atoms with E-state index in [9.17, 15) is 9.90 Å². The molecule has 0 bridgehead atoms. The molecule has 0 radical (unpaired) electrons. The zero-order valence-electron chi connectivity index (χ0n) is 19.8. The number of rotatable bonds is 7. The molecule has 2 aliphatic rings. The second-order valence-corrected chi connectivity index (χ2v) is 9.32. The van der Waals surface area contributed by atoms with Gasteiger partial charge in [0.15, 0.2) is 5.65 Å². The standard InChI is InChI=1S/C26H24FN5O4/c1-31(13-15-3-5-16(35-2)6-4-15)23-11-22(30-24-17(25(33)34)12-28-32(23)24)29-20-10-21-18(9-19(20)27)26(7-8-26)14-36-21/h3-6,9-12H,7-8,13-14H2,1-2H3,(H,29,30)(H,33,34). The van der Waals surface area contributed by atoms with E-state index in [2.05, 4.69) is 15.4 Å². The molecule has 1 saturated carbocycles. The average molecular weight is 490 g/mol. The Morgan fingerprint density at radius 3 is 2.75 bits per heavy atom. The number of hydrogen-bond donors (Lipinski definition) is 2. The number of carboxylic acids is 1. The zero-order chi connectivity index (χ0) is 25.0. The number of nitrogens with one attached hydrogen (secondary N) is 1. The molecule has 1 aliphatic heterocycles. The van der Waals surface area contributed by atoms with Crippen LogP contribution < -0.4 is 19.7 Å². The van der Waals surface area contributed by atoms with Gasteiger partial charge in [-0.3, -0.25) is 0 Å². The third kappa shape index (κ3) is 3.65. The maximum Gasteiger partial charge on any atom is 0.341 e. The molecule has 6 rings (SSSR count). The second kappa shape index (κ2) is 8.11. The Morgan fingerprint density at radius 2 is 2.06 bits per heavy atom. The summed E-state index contributed by atoms with van der Waals surface area (Å²) in [4.78, 5) is 18.2. The maximum atomic E-state index is 15.1. The molecule has 10 heteroatoms. The molecule has 9 nitrogen and oxygen atoms in total. The van der Waals surface area contributed by atoms with Crippen molar-refractivity contribution >= 4 is 28.9 Å². The second-order valence-electron chi connectivity index (χ2n) is 9.32. The number of halogens is 1. The molecule has 2 aromatic carbocycles. The van der Waals surface area contributed by atoms with E-state index in [0.29, 0.717) is 30.5 Å². The van der Waals surface area contributed by atoms with Gasteiger partial charge in [-0.05, 0) is 36.6 Å². The topological polar surface area (TPSA) is 101 Å². The fourth-order valence-electron chi connectivity index (χ4n) is 4.70. The number of benzene rings is 2. The van der Waals surface area contributed by atoms with Crippen LogP contribution in [0.1, 0.15) is 34.3 Å². The lowest BCUT2D eigenvalue weighted by molar-refractivity contribution is 0.0698. The van der Waals surface area contributed by atoms with Crippen molar-refractivity contribution in [2.45, 2.75) is 24.8 Å². The number of methoxy groups -OCH3 is 1. The predicted octanol–water partition coefficient (Wildman–Crippen LogP) is 4.38. The monoisotopic (exact) mass is 489 g/mol. The quantitative estimate of drug-likeness (QED) is 0.395. The van der Waals surface area contributed by atoms with Crippen molar-refractivity contribution < 1.29 is 23.8 Å². The van der Waals surface area contributed by atoms with Crippen molar-refractivity contribution in [2.75, 3.05) is 31.0 Å². The molecule has 1 spiro atoms. The summed E-state index contributed by atoms with van der Waals surface area (Å²) in [6, 6.07) is 12.5. The van der Waals surface area contributed by atoms with Gasteiger partial charge in [0.1, 0.15) is 34.5 Å². The van der Waals surface area contributed by atoms with Crippen LogP contribution in [0.15, 0.2) is 48.7 Å². The van der Waals surface area contributed by atoms with Crippen molar-refractivity contribution in [1.29, 1.82) is 0 Å². The van der Waals surface area contributed by atoms with E-state index in [-0.39, 0.29) is 22.3 Å². The molecule has 4 aromatic rings. The smallest absolute Gasteiger partial charge is 0.341 e. The van der Waals surface area contributed by atoms with Gasteiger partial charge in [-0.15, -0.1) is 0 Å². The number of anilines is 3. The molecule has 184 valence electrons. The summed E-state index contributed by atoms with van der Waals surface area (Å²) in [5.41, 5.74) is 2.21. The fourth-order valence-corrected chi connectivity index (χ4v) is 4.70. The van der Waals surface area contributed by atoms with Gasteiger partial charge < -0.3 is 24.8 Å². The van der Waals surface area contributed by atoms with Crippen molar-refractivity contribution in [3.63, 3.8) is 0 Å². The number of fused-ring (bicyclic) bond motifs is 3. The summed E-state index contributed by atoms with van der Waals surface area (Å²) in [6.45, 7) is 1.08. The molecule has 0 atom stereocenters. The van der Waals surface area contributed by atoms with E-state index in [1.807, 2.05) is 36.2 Å². The SMILES string of the molecule is COc1ccc(CN(C)c2cc(Nc3cc4c(cc3F)C3(CC3)CO4)nc3c(C(=O)O)cnn23)cc1. The Bertz CT molecular complexity index is 1500. The highest BCUT2D eigenvalue weighted by molar-refractivity contribution is 5.94. The Balaban J connectivity index is 1.37. The number of aromatic carboxylic acids is 1. The van der Waals surface area contributed by atoms with Crippen molar-refractivity contribution in [1.82, 2.24) is 14.6 Å². The largest absolute Gasteiger partial charge is 0.497 e. The Morgan fingerprint density at radius 1 is 1.28 bits per heavy atom. The van der Waals surface area contributed by atoms with E-state index in [1.54, 1.807) is 19.2 Å². The lowest BCUT2D eigenvalue weighted by Crippen LogP contribution is -2.20. The Kier molecular flexibility index (Phi) is 4.99. The third-order valence-corrected chi connectivity index (χ3v) is 6.91. The van der Waals surface area contributed by atoms with Crippen LogP contribution in [0.25, 0.3) is 5.65 Å². The average Bonchev–Trinajstić information content (AvgIpc) is 3.41. The molecule has 0 unspecified atom stereocenters. The highest BCUT2D eigenvalue weighted by Crippen LogP contribution is 2.56. The van der Waals surface area contributed by atoms with Gasteiger partial charge in [0.2, 0.25) is 0 Å². The van der Waals surface area contributed by atoms with Crippen molar-refractivity contribution in [3.8, 4) is 11.5 Å². The maximum absolute atomic E-state index is 15.1. The van der Waals surface area contributed by atoms with E-state index < -0.39 is 11.8 Å². The molecule has 3 heterocycles. The van der Waals surface area contributed by atoms with Crippen LogP contribution in [0.2, 0.25) is 0 Å². The molecule has 2 N–H and O–H groups in total. The normalized spacial score (nSPS) is 15.0. The van der Waals surface area contributed by atoms with Crippen LogP contribution in [0.5, 0.6) is 11.5 Å². The summed E-state index contributed by atoms with van der Waals surface area (Å²) in [5, 5.41) is 16.9. The number of hydrogen-bond acceptors (Lipinski definition) is 7. The molecule has 1 aliphatic carbocycles. The first-order valence-corrected chi connectivity index (χ1v) is 11.6. The minimum absolute atomic E-state index is 0.0306. The molecule has 1 fully saturated rings.